The van der Waals surface area contributed by atoms with Gasteiger partial charge in [-0.05, 0) is 6.42 Å². The lowest BCUT2D eigenvalue weighted by molar-refractivity contribution is -0.229. The van der Waals surface area contributed by atoms with Gasteiger partial charge < -0.3 is 40.7 Å². The van der Waals surface area contributed by atoms with Crippen LogP contribution in [0, 0.1) is 0 Å². The monoisotopic (exact) mass is 351 g/mol. The van der Waals surface area contributed by atoms with Crippen LogP contribution in [0.2, 0.25) is 0 Å². The van der Waals surface area contributed by atoms with Gasteiger partial charge in [-0.25, -0.2) is 4.79 Å². The van der Waals surface area contributed by atoms with E-state index in [1.807, 2.05) is 0 Å². The van der Waals surface area contributed by atoms with E-state index in [1.165, 1.54) is 0 Å². The molecule has 0 bridgehead atoms. The van der Waals surface area contributed by atoms with Crippen molar-refractivity contribution in [3.63, 3.8) is 0 Å². The highest BCUT2D eigenvalue weighted by molar-refractivity contribution is 5.84. The van der Waals surface area contributed by atoms with Crippen molar-refractivity contribution in [2.45, 2.75) is 55.8 Å². The molecule has 0 saturated carbocycles. The zero-order chi connectivity index (χ0) is 18.4. The van der Waals surface area contributed by atoms with E-state index in [4.69, 9.17) is 20.1 Å². The largest absolute Gasteiger partial charge is 0.481 e. The fourth-order valence-corrected chi connectivity index (χ4v) is 2.31. The van der Waals surface area contributed by atoms with E-state index in [0.717, 1.165) is 0 Å². The van der Waals surface area contributed by atoms with E-state index in [1.54, 1.807) is 0 Å². The highest BCUT2D eigenvalue weighted by atomic mass is 16.5. The molecule has 0 aliphatic carbocycles. The summed E-state index contributed by atoms with van der Waals surface area (Å²) in [7, 11) is 0. The van der Waals surface area contributed by atoms with E-state index < -0.39 is 73.9 Å². The van der Waals surface area contributed by atoms with Crippen molar-refractivity contribution in [1.82, 2.24) is 5.32 Å². The molecule has 1 aliphatic rings. The Morgan fingerprint density at radius 1 is 1.00 bits per heavy atom. The maximum atomic E-state index is 11.9. The molecule has 0 aromatic rings. The van der Waals surface area contributed by atoms with E-state index >= 15 is 0 Å². The molecule has 24 heavy (non-hydrogen) atoms. The molecule has 7 N–H and O–H groups in total. The Kier molecular flexibility index (Phi) is 7.51. The van der Waals surface area contributed by atoms with Crippen LogP contribution in [0.5, 0.6) is 0 Å². The third kappa shape index (κ3) is 5.39. The first kappa shape index (κ1) is 20.3. The predicted octanol–water partition coefficient (Wildman–Crippen LogP) is -3.35. The van der Waals surface area contributed by atoms with E-state index in [0.29, 0.717) is 0 Å². The van der Waals surface area contributed by atoms with Gasteiger partial charge >= 0.3 is 11.9 Å². The van der Waals surface area contributed by atoms with Crippen molar-refractivity contribution >= 4 is 17.8 Å². The summed E-state index contributed by atoms with van der Waals surface area (Å²) in [6.45, 7) is -0.653. The van der Waals surface area contributed by atoms with E-state index in [2.05, 4.69) is 5.32 Å². The second-order valence-corrected chi connectivity index (χ2v) is 5.46. The summed E-state index contributed by atoms with van der Waals surface area (Å²) in [6.07, 6.45) is -8.60. The average molecular weight is 351 g/mol. The van der Waals surface area contributed by atoms with Gasteiger partial charge in [0.05, 0.1) is 19.1 Å². The third-order valence-corrected chi connectivity index (χ3v) is 3.66. The lowest BCUT2D eigenvalue weighted by Gasteiger charge is -2.39. The molecule has 0 unspecified atom stereocenters. The SMILES string of the molecule is O=C(O)CC[C@H](NC(=O)C[C@H]1O[C@H](CO)[C@@H](O)[C@H](O)[C@@H]1O)C(=O)O. The molecule has 0 spiro atoms. The van der Waals surface area contributed by atoms with Crippen molar-refractivity contribution in [2.75, 3.05) is 6.61 Å². The van der Waals surface area contributed by atoms with Crippen molar-refractivity contribution in [3.05, 3.63) is 0 Å². The van der Waals surface area contributed by atoms with Crippen LogP contribution in [0.15, 0.2) is 0 Å². The van der Waals surface area contributed by atoms with E-state index in [-0.39, 0.29) is 6.42 Å². The molecular formula is C13H21NO10. The van der Waals surface area contributed by atoms with Crippen LogP contribution in [0.3, 0.4) is 0 Å². The lowest BCUT2D eigenvalue weighted by atomic mass is 9.93. The zero-order valence-corrected chi connectivity index (χ0v) is 12.6. The Morgan fingerprint density at radius 2 is 1.58 bits per heavy atom. The summed E-state index contributed by atoms with van der Waals surface area (Å²) < 4.78 is 5.13. The van der Waals surface area contributed by atoms with Crippen LogP contribution >= 0.6 is 0 Å². The van der Waals surface area contributed by atoms with E-state index in [9.17, 15) is 29.7 Å². The molecule has 0 aromatic heterocycles. The van der Waals surface area contributed by atoms with Crippen molar-refractivity contribution < 1.29 is 49.8 Å². The molecule has 6 atom stereocenters. The molecule has 1 amide bonds. The highest BCUT2D eigenvalue weighted by Crippen LogP contribution is 2.23. The first-order valence-corrected chi connectivity index (χ1v) is 7.21. The van der Waals surface area contributed by atoms with Crippen LogP contribution in [0.1, 0.15) is 19.3 Å². The summed E-state index contributed by atoms with van der Waals surface area (Å²) in [5.41, 5.74) is 0. The van der Waals surface area contributed by atoms with Crippen molar-refractivity contribution in [1.29, 1.82) is 0 Å². The van der Waals surface area contributed by atoms with Crippen LogP contribution < -0.4 is 5.32 Å². The van der Waals surface area contributed by atoms with Crippen molar-refractivity contribution in [2.24, 2.45) is 0 Å². The Balaban J connectivity index is 2.64. The molecule has 1 saturated heterocycles. The van der Waals surface area contributed by atoms with Crippen LogP contribution in [0.25, 0.3) is 0 Å². The second kappa shape index (κ2) is 8.89. The van der Waals surface area contributed by atoms with Gasteiger partial charge in [-0.2, -0.15) is 0 Å². The number of amides is 1. The molecule has 138 valence electrons. The van der Waals surface area contributed by atoms with Crippen LogP contribution in [-0.4, -0.2) is 91.7 Å². The molecular weight excluding hydrogens is 330 g/mol. The Bertz CT molecular complexity index is 468. The van der Waals surface area contributed by atoms with Gasteiger partial charge in [0.2, 0.25) is 5.91 Å². The third-order valence-electron chi connectivity index (χ3n) is 3.66. The number of aliphatic hydroxyl groups is 4. The average Bonchev–Trinajstić information content (AvgIpc) is 2.51. The first-order chi connectivity index (χ1) is 11.2. The Morgan fingerprint density at radius 3 is 2.08 bits per heavy atom. The zero-order valence-electron chi connectivity index (χ0n) is 12.6. The molecule has 1 fully saturated rings. The first-order valence-electron chi connectivity index (χ1n) is 7.21. The summed E-state index contributed by atoms with van der Waals surface area (Å²) in [4.78, 5) is 33.4. The number of nitrogens with one attached hydrogen (secondary N) is 1. The van der Waals surface area contributed by atoms with Gasteiger partial charge in [0, 0.05) is 6.42 Å². The predicted molar refractivity (Wildman–Crippen MR) is 74.8 cm³/mol. The van der Waals surface area contributed by atoms with Crippen LogP contribution in [-0.2, 0) is 19.1 Å². The van der Waals surface area contributed by atoms with Crippen molar-refractivity contribution in [3.8, 4) is 0 Å². The molecule has 1 rings (SSSR count). The fraction of sp³-hybridized carbons (Fsp3) is 0.769. The van der Waals surface area contributed by atoms with Gasteiger partial charge in [-0.15, -0.1) is 0 Å². The summed E-state index contributed by atoms with van der Waals surface area (Å²) in [6, 6.07) is -1.43. The molecule has 1 heterocycles. The van der Waals surface area contributed by atoms with Gasteiger partial charge in [0.1, 0.15) is 30.5 Å². The number of rotatable bonds is 8. The fourth-order valence-electron chi connectivity index (χ4n) is 2.31. The molecule has 0 aromatic carbocycles. The Hall–Kier alpha value is -1.79. The number of carboxylic acids is 2. The number of hydrogen-bond donors (Lipinski definition) is 7. The second-order valence-electron chi connectivity index (χ2n) is 5.46. The van der Waals surface area contributed by atoms with Gasteiger partial charge in [0.15, 0.2) is 0 Å². The minimum Gasteiger partial charge on any atom is -0.481 e. The number of carboxylic acid groups (broad SMARTS) is 2. The maximum Gasteiger partial charge on any atom is 0.326 e. The maximum absolute atomic E-state index is 11.9. The highest BCUT2D eigenvalue weighted by Gasteiger charge is 2.44. The summed E-state index contributed by atoms with van der Waals surface area (Å²) in [5.74, 6) is -3.49. The van der Waals surface area contributed by atoms with Gasteiger partial charge in [-0.3, -0.25) is 9.59 Å². The topological polar surface area (TPSA) is 194 Å². The number of ether oxygens (including phenoxy) is 1. The van der Waals surface area contributed by atoms with Gasteiger partial charge in [-0.1, -0.05) is 0 Å². The lowest BCUT2D eigenvalue weighted by Crippen LogP contribution is -2.59. The minimum atomic E-state index is -1.64. The standard InChI is InChI=1S/C13H21NO10/c15-4-7-11(20)12(21)10(19)6(24-7)3-8(16)14-5(13(22)23)1-2-9(17)18/h5-7,10-12,15,19-21H,1-4H2,(H,14,16)(H,17,18)(H,22,23)/t5-,6+,7+,10+,11+,12+/m0/s1. The summed E-state index contributed by atoms with van der Waals surface area (Å²) in [5, 5.41) is 57.7. The molecule has 1 aliphatic heterocycles. The number of hydrogen-bond acceptors (Lipinski definition) is 8. The minimum absolute atomic E-state index is 0.328. The number of aliphatic carboxylic acids is 2. The number of aliphatic hydroxyl groups excluding tert-OH is 4. The molecule has 11 heteroatoms. The number of carbonyl (C=O) groups excluding carboxylic acids is 1. The quantitative estimate of drug-likeness (QED) is 0.232. The molecule has 0 radical (unpaired) electrons. The smallest absolute Gasteiger partial charge is 0.326 e. The molecule has 11 nitrogen and oxygen atoms in total. The summed E-state index contributed by atoms with van der Waals surface area (Å²) >= 11 is 0. The Labute approximate surface area is 136 Å². The number of carbonyl (C=O) groups is 3. The normalized spacial score (nSPS) is 31.2. The van der Waals surface area contributed by atoms with Gasteiger partial charge in [0.25, 0.3) is 0 Å². The van der Waals surface area contributed by atoms with Crippen LogP contribution in [0.4, 0.5) is 0 Å².